The van der Waals surface area contributed by atoms with Crippen LogP contribution in [0.2, 0.25) is 0 Å². The fraction of sp³-hybridized carbons (Fsp3) is 0.600. The zero-order valence-corrected chi connectivity index (χ0v) is 11.5. The van der Waals surface area contributed by atoms with Gasteiger partial charge in [0, 0.05) is 5.56 Å². The van der Waals surface area contributed by atoms with E-state index in [1.807, 2.05) is 26.8 Å². The van der Waals surface area contributed by atoms with E-state index in [1.54, 1.807) is 6.07 Å². The number of phenols is 1. The molecule has 3 nitrogen and oxygen atoms in total. The van der Waals surface area contributed by atoms with Crippen LogP contribution in [0, 0.1) is 6.92 Å². The Hall–Kier alpha value is -1.22. The number of hydrogen-bond acceptors (Lipinski definition) is 3. The predicted molar refractivity (Wildman–Crippen MR) is 71.2 cm³/mol. The summed E-state index contributed by atoms with van der Waals surface area (Å²) in [6.45, 7) is 7.76. The maximum atomic E-state index is 10.1. The topological polar surface area (TPSA) is 49.7 Å². The molecule has 1 aliphatic rings. The largest absolute Gasteiger partial charge is 0.508 e. The molecular weight excluding hydrogens is 228 g/mol. The molecule has 0 aliphatic carbocycles. The predicted octanol–water partition coefficient (Wildman–Crippen LogP) is 3.12. The Morgan fingerprint density at radius 1 is 1.28 bits per heavy atom. The van der Waals surface area contributed by atoms with Crippen molar-refractivity contribution in [3.63, 3.8) is 0 Å². The second-order valence-corrected chi connectivity index (χ2v) is 5.88. The van der Waals surface area contributed by atoms with E-state index < -0.39 is 11.7 Å². The third-order valence-electron chi connectivity index (χ3n) is 3.91. The summed E-state index contributed by atoms with van der Waals surface area (Å²) >= 11 is 0. The van der Waals surface area contributed by atoms with Gasteiger partial charge in [-0.05, 0) is 57.2 Å². The Labute approximate surface area is 108 Å². The van der Waals surface area contributed by atoms with E-state index in [0.717, 1.165) is 23.3 Å². The van der Waals surface area contributed by atoms with Crippen LogP contribution >= 0.6 is 0 Å². The van der Waals surface area contributed by atoms with E-state index in [4.69, 9.17) is 4.74 Å². The Balaban J connectivity index is 2.49. The number of rotatable bonds is 0. The van der Waals surface area contributed by atoms with Crippen molar-refractivity contribution in [2.45, 2.75) is 58.2 Å². The van der Waals surface area contributed by atoms with Gasteiger partial charge in [0.1, 0.15) is 17.1 Å². The molecule has 1 aromatic carbocycles. The number of aryl methyl sites for hydroxylation is 1. The maximum absolute atomic E-state index is 10.1. The van der Waals surface area contributed by atoms with Crippen molar-refractivity contribution >= 4 is 0 Å². The van der Waals surface area contributed by atoms with Crippen LogP contribution in [0.4, 0.5) is 0 Å². The molecule has 1 aromatic rings. The van der Waals surface area contributed by atoms with Crippen LogP contribution in [0.1, 0.15) is 50.7 Å². The zero-order valence-electron chi connectivity index (χ0n) is 11.5. The first-order valence-electron chi connectivity index (χ1n) is 6.52. The monoisotopic (exact) mass is 250 g/mol. The molecular formula is C15H22O3. The summed E-state index contributed by atoms with van der Waals surface area (Å²) in [5.41, 5.74) is 1.23. The van der Waals surface area contributed by atoms with Crippen molar-refractivity contribution in [2.24, 2.45) is 0 Å². The minimum absolute atomic E-state index is 0.275. The molecule has 0 saturated carbocycles. The first-order valence-corrected chi connectivity index (χ1v) is 6.52. The van der Waals surface area contributed by atoms with Crippen molar-refractivity contribution in [1.29, 1.82) is 0 Å². The van der Waals surface area contributed by atoms with E-state index in [2.05, 4.69) is 6.92 Å². The number of aliphatic hydroxyl groups is 1. The Kier molecular flexibility index (Phi) is 3.28. The molecule has 3 heteroatoms. The molecule has 2 N–H and O–H groups in total. The van der Waals surface area contributed by atoms with Crippen LogP contribution in [0.3, 0.4) is 0 Å². The summed E-state index contributed by atoms with van der Waals surface area (Å²) in [5.74, 6) is 1.36. The highest BCUT2D eigenvalue weighted by Crippen LogP contribution is 2.39. The second kappa shape index (κ2) is 4.47. The first-order chi connectivity index (χ1) is 8.31. The number of hydrogen-bond donors (Lipinski definition) is 2. The summed E-state index contributed by atoms with van der Waals surface area (Å²) < 4.78 is 5.98. The maximum Gasteiger partial charge on any atom is 0.129 e. The lowest BCUT2D eigenvalue weighted by atomic mass is 9.87. The van der Waals surface area contributed by atoms with E-state index in [0.29, 0.717) is 12.2 Å². The third kappa shape index (κ3) is 2.32. The van der Waals surface area contributed by atoms with Gasteiger partial charge in [-0.2, -0.15) is 0 Å². The highest BCUT2D eigenvalue weighted by molar-refractivity contribution is 5.47. The molecule has 100 valence electrons. The molecule has 0 unspecified atom stereocenters. The van der Waals surface area contributed by atoms with E-state index in [1.165, 1.54) is 0 Å². The number of benzene rings is 1. The SMILES string of the molecule is Cc1cc2c(cc1O)[C@H](C)CC[C@H](O)C(C)(C)O2. The van der Waals surface area contributed by atoms with Gasteiger partial charge in [-0.3, -0.25) is 0 Å². The minimum Gasteiger partial charge on any atom is -0.508 e. The molecule has 0 saturated heterocycles. The van der Waals surface area contributed by atoms with Gasteiger partial charge < -0.3 is 14.9 Å². The standard InChI is InChI=1S/C15H22O3/c1-9-5-6-14(17)15(3,4)18-13-7-10(2)12(16)8-11(9)13/h7-9,14,16-17H,5-6H2,1-4H3/t9-,14+/m1/s1. The lowest BCUT2D eigenvalue weighted by Crippen LogP contribution is -2.43. The second-order valence-electron chi connectivity index (χ2n) is 5.88. The summed E-state index contributed by atoms with van der Waals surface area (Å²) in [6, 6.07) is 3.66. The number of fused-ring (bicyclic) bond motifs is 1. The quantitative estimate of drug-likeness (QED) is 0.743. The van der Waals surface area contributed by atoms with E-state index in [-0.39, 0.29) is 5.92 Å². The number of aromatic hydroxyl groups is 1. The van der Waals surface area contributed by atoms with Gasteiger partial charge in [-0.1, -0.05) is 6.92 Å². The molecule has 2 atom stereocenters. The average molecular weight is 250 g/mol. The normalized spacial score (nSPS) is 26.7. The molecule has 0 amide bonds. The van der Waals surface area contributed by atoms with Crippen LogP contribution in [0.25, 0.3) is 0 Å². The van der Waals surface area contributed by atoms with Crippen LogP contribution in [-0.2, 0) is 0 Å². The van der Waals surface area contributed by atoms with Gasteiger partial charge in [-0.15, -0.1) is 0 Å². The van der Waals surface area contributed by atoms with Crippen molar-refractivity contribution in [1.82, 2.24) is 0 Å². The third-order valence-corrected chi connectivity index (χ3v) is 3.91. The van der Waals surface area contributed by atoms with Gasteiger partial charge in [0.15, 0.2) is 0 Å². The van der Waals surface area contributed by atoms with Crippen molar-refractivity contribution in [3.8, 4) is 11.5 Å². The Morgan fingerprint density at radius 3 is 2.61 bits per heavy atom. The summed E-state index contributed by atoms with van der Waals surface area (Å²) in [5, 5.41) is 20.0. The smallest absolute Gasteiger partial charge is 0.129 e. The lowest BCUT2D eigenvalue weighted by molar-refractivity contribution is -0.0381. The van der Waals surface area contributed by atoms with E-state index >= 15 is 0 Å². The number of aliphatic hydroxyl groups excluding tert-OH is 1. The van der Waals surface area contributed by atoms with Gasteiger partial charge in [0.25, 0.3) is 0 Å². The van der Waals surface area contributed by atoms with Gasteiger partial charge in [0.2, 0.25) is 0 Å². The molecule has 0 aromatic heterocycles. The fourth-order valence-corrected chi connectivity index (χ4v) is 2.42. The van der Waals surface area contributed by atoms with E-state index in [9.17, 15) is 10.2 Å². The minimum atomic E-state index is -0.599. The highest BCUT2D eigenvalue weighted by atomic mass is 16.5. The van der Waals surface area contributed by atoms with Crippen LogP contribution in [0.5, 0.6) is 11.5 Å². The molecule has 0 spiro atoms. The summed E-state index contributed by atoms with van der Waals surface area (Å²) in [6.07, 6.45) is 1.13. The molecule has 1 aliphatic heterocycles. The molecule has 18 heavy (non-hydrogen) atoms. The average Bonchev–Trinajstić information content (AvgIpc) is 2.28. The van der Waals surface area contributed by atoms with Gasteiger partial charge in [0.05, 0.1) is 6.10 Å². The van der Waals surface area contributed by atoms with Crippen LogP contribution in [-0.4, -0.2) is 21.9 Å². The zero-order chi connectivity index (χ0) is 13.5. The fourth-order valence-electron chi connectivity index (χ4n) is 2.42. The molecule has 0 radical (unpaired) electrons. The highest BCUT2D eigenvalue weighted by Gasteiger charge is 2.33. The Morgan fingerprint density at radius 2 is 1.94 bits per heavy atom. The van der Waals surface area contributed by atoms with Crippen molar-refractivity contribution in [2.75, 3.05) is 0 Å². The first kappa shape index (κ1) is 13.2. The number of ether oxygens (including phenoxy) is 1. The molecule has 1 heterocycles. The molecule has 0 fully saturated rings. The summed E-state index contributed by atoms with van der Waals surface area (Å²) in [4.78, 5) is 0. The lowest BCUT2D eigenvalue weighted by Gasteiger charge is -2.36. The van der Waals surface area contributed by atoms with Gasteiger partial charge in [-0.25, -0.2) is 0 Å². The Bertz CT molecular complexity index is 451. The van der Waals surface area contributed by atoms with Gasteiger partial charge >= 0.3 is 0 Å². The molecule has 0 bridgehead atoms. The van der Waals surface area contributed by atoms with Crippen molar-refractivity contribution in [3.05, 3.63) is 23.3 Å². The van der Waals surface area contributed by atoms with Crippen molar-refractivity contribution < 1.29 is 14.9 Å². The summed E-state index contributed by atoms with van der Waals surface area (Å²) in [7, 11) is 0. The number of phenolic OH excluding ortho intramolecular Hbond substituents is 1. The van der Waals surface area contributed by atoms with Crippen LogP contribution in [0.15, 0.2) is 12.1 Å². The van der Waals surface area contributed by atoms with Crippen LogP contribution < -0.4 is 4.74 Å². The molecule has 2 rings (SSSR count).